The summed E-state index contributed by atoms with van der Waals surface area (Å²) >= 11 is 3.39. The summed E-state index contributed by atoms with van der Waals surface area (Å²) in [6.07, 6.45) is 3.25. The molecule has 2 aromatic rings. The van der Waals surface area contributed by atoms with Gasteiger partial charge in [-0.1, -0.05) is 34.1 Å². The Hall–Kier alpha value is -2.08. The normalized spacial score (nSPS) is 10.7. The zero-order chi connectivity index (χ0) is 17.5. The topological polar surface area (TPSA) is 47.3 Å². The van der Waals surface area contributed by atoms with Crippen molar-refractivity contribution in [3.63, 3.8) is 0 Å². The molecular formula is C18H19BrF2N2O. The molecule has 0 spiro atoms. The lowest BCUT2D eigenvalue weighted by molar-refractivity contribution is -0.0504. The van der Waals surface area contributed by atoms with Crippen LogP contribution in [0.1, 0.15) is 17.5 Å². The molecule has 2 rings (SSSR count). The van der Waals surface area contributed by atoms with Crippen molar-refractivity contribution in [3.05, 3.63) is 64.7 Å². The summed E-state index contributed by atoms with van der Waals surface area (Å²) < 4.78 is 30.9. The fourth-order valence-corrected chi connectivity index (χ4v) is 2.74. The highest BCUT2D eigenvalue weighted by atomic mass is 79.9. The van der Waals surface area contributed by atoms with E-state index < -0.39 is 6.61 Å². The Morgan fingerprint density at radius 1 is 1.29 bits per heavy atom. The monoisotopic (exact) mass is 396 g/mol. The lowest BCUT2D eigenvalue weighted by atomic mass is 10.0. The molecule has 0 unspecified atom stereocenters. The van der Waals surface area contributed by atoms with Crippen LogP contribution in [0.2, 0.25) is 0 Å². The minimum atomic E-state index is -2.87. The minimum absolute atomic E-state index is 0.174. The third-order valence-electron chi connectivity index (χ3n) is 3.53. The van der Waals surface area contributed by atoms with Crippen LogP contribution in [-0.4, -0.2) is 6.61 Å². The first-order valence-corrected chi connectivity index (χ1v) is 8.26. The van der Waals surface area contributed by atoms with E-state index >= 15 is 0 Å². The second-order valence-corrected chi connectivity index (χ2v) is 6.10. The van der Waals surface area contributed by atoms with Gasteiger partial charge in [-0.15, -0.1) is 6.58 Å². The molecule has 0 aliphatic carbocycles. The molecular weight excluding hydrogens is 378 g/mol. The molecule has 24 heavy (non-hydrogen) atoms. The maximum absolute atomic E-state index is 12.7. The molecule has 0 bridgehead atoms. The van der Waals surface area contributed by atoms with Gasteiger partial charge in [-0.25, -0.2) is 0 Å². The molecule has 0 fully saturated rings. The lowest BCUT2D eigenvalue weighted by Crippen LogP contribution is -2.10. The van der Waals surface area contributed by atoms with Gasteiger partial charge in [-0.2, -0.15) is 8.78 Å². The number of halogens is 3. The quantitative estimate of drug-likeness (QED) is 0.466. The van der Waals surface area contributed by atoms with Crippen LogP contribution in [0.3, 0.4) is 0 Å². The van der Waals surface area contributed by atoms with Crippen LogP contribution in [-0.2, 0) is 13.0 Å². The van der Waals surface area contributed by atoms with Crippen molar-refractivity contribution in [2.24, 2.45) is 0 Å². The zero-order valence-electron chi connectivity index (χ0n) is 13.1. The predicted octanol–water partition coefficient (Wildman–Crippen LogP) is 5.36. The number of allylic oxidation sites excluding steroid dienone is 1. The number of nitrogens with one attached hydrogen (secondary N) is 1. The maximum Gasteiger partial charge on any atom is 0.387 e. The van der Waals surface area contributed by atoms with Crippen LogP contribution in [0.5, 0.6) is 5.75 Å². The number of anilines is 2. The standard InChI is InChI=1S/C18H19BrF2N2O/c1-2-3-5-12-6-4-7-17(24-18(20)21)14(12)11-23-16-10-13(19)8-9-15(16)22/h2,4,6-10,18,23H,1,3,5,11,22H2. The molecule has 3 N–H and O–H groups in total. The summed E-state index contributed by atoms with van der Waals surface area (Å²) in [5.74, 6) is 0.174. The number of ether oxygens (including phenoxy) is 1. The van der Waals surface area contributed by atoms with Crippen molar-refractivity contribution in [1.82, 2.24) is 0 Å². The van der Waals surface area contributed by atoms with Gasteiger partial charge < -0.3 is 15.8 Å². The van der Waals surface area contributed by atoms with Gasteiger partial charge >= 0.3 is 6.61 Å². The molecule has 6 heteroatoms. The number of hydrogen-bond donors (Lipinski definition) is 2. The first-order chi connectivity index (χ1) is 11.5. The summed E-state index contributed by atoms with van der Waals surface area (Å²) in [6, 6.07) is 10.6. The number of hydrogen-bond acceptors (Lipinski definition) is 3. The molecule has 128 valence electrons. The second-order valence-electron chi connectivity index (χ2n) is 5.18. The molecule has 0 aliphatic heterocycles. The number of nitrogen functional groups attached to an aromatic ring is 1. The third kappa shape index (κ3) is 4.96. The number of nitrogens with two attached hydrogens (primary N) is 1. The summed E-state index contributed by atoms with van der Waals surface area (Å²) in [5, 5.41) is 3.19. The third-order valence-corrected chi connectivity index (χ3v) is 4.03. The number of rotatable bonds is 8. The number of alkyl halides is 2. The van der Waals surface area contributed by atoms with Crippen LogP contribution < -0.4 is 15.8 Å². The van der Waals surface area contributed by atoms with Crippen molar-refractivity contribution < 1.29 is 13.5 Å². The van der Waals surface area contributed by atoms with Gasteiger partial charge in [0, 0.05) is 16.6 Å². The summed E-state index contributed by atoms with van der Waals surface area (Å²) in [7, 11) is 0. The van der Waals surface area contributed by atoms with E-state index in [4.69, 9.17) is 5.73 Å². The number of benzene rings is 2. The van der Waals surface area contributed by atoms with Gasteiger partial charge in [0.05, 0.1) is 11.4 Å². The van der Waals surface area contributed by atoms with Gasteiger partial charge in [0.15, 0.2) is 0 Å². The predicted molar refractivity (Wildman–Crippen MR) is 97.5 cm³/mol. The van der Waals surface area contributed by atoms with E-state index in [0.29, 0.717) is 24.2 Å². The Bertz CT molecular complexity index is 707. The molecule has 0 saturated heterocycles. The molecule has 0 radical (unpaired) electrons. The largest absolute Gasteiger partial charge is 0.434 e. The van der Waals surface area contributed by atoms with Crippen LogP contribution >= 0.6 is 15.9 Å². The van der Waals surface area contributed by atoms with Crippen molar-refractivity contribution in [1.29, 1.82) is 0 Å². The fourth-order valence-electron chi connectivity index (χ4n) is 2.38. The van der Waals surface area contributed by atoms with Gasteiger partial charge in [-0.3, -0.25) is 0 Å². The maximum atomic E-state index is 12.7. The Kier molecular flexibility index (Phi) is 6.61. The Labute approximate surface area is 148 Å². The van der Waals surface area contributed by atoms with Gasteiger partial charge in [-0.05, 0) is 42.7 Å². The van der Waals surface area contributed by atoms with Gasteiger partial charge in [0.25, 0.3) is 0 Å². The van der Waals surface area contributed by atoms with Gasteiger partial charge in [0.2, 0.25) is 0 Å². The molecule has 0 heterocycles. The van der Waals surface area contributed by atoms with E-state index in [1.165, 1.54) is 0 Å². The van der Waals surface area contributed by atoms with Crippen molar-refractivity contribution in [3.8, 4) is 5.75 Å². The number of aryl methyl sites for hydroxylation is 1. The molecule has 0 aliphatic rings. The zero-order valence-corrected chi connectivity index (χ0v) is 14.7. The van der Waals surface area contributed by atoms with Crippen molar-refractivity contribution >= 4 is 27.3 Å². The Balaban J connectivity index is 2.27. The van der Waals surface area contributed by atoms with E-state index in [1.54, 1.807) is 24.3 Å². The molecule has 0 saturated carbocycles. The summed E-state index contributed by atoms with van der Waals surface area (Å²) in [6.45, 7) is 1.17. The lowest BCUT2D eigenvalue weighted by Gasteiger charge is -2.17. The summed E-state index contributed by atoms with van der Waals surface area (Å²) in [4.78, 5) is 0. The van der Waals surface area contributed by atoms with Crippen LogP contribution in [0.4, 0.5) is 20.2 Å². The van der Waals surface area contributed by atoms with Crippen molar-refractivity contribution in [2.75, 3.05) is 11.1 Å². The molecule has 0 amide bonds. The molecule has 2 aromatic carbocycles. The summed E-state index contributed by atoms with van der Waals surface area (Å²) in [5.41, 5.74) is 8.88. The Morgan fingerprint density at radius 3 is 2.79 bits per heavy atom. The van der Waals surface area contributed by atoms with Crippen LogP contribution in [0.25, 0.3) is 0 Å². The second kappa shape index (κ2) is 8.68. The average molecular weight is 397 g/mol. The van der Waals surface area contributed by atoms with Crippen molar-refractivity contribution in [2.45, 2.75) is 26.0 Å². The van der Waals surface area contributed by atoms with Crippen LogP contribution in [0, 0.1) is 0 Å². The smallest absolute Gasteiger partial charge is 0.387 e. The highest BCUT2D eigenvalue weighted by Crippen LogP contribution is 2.29. The minimum Gasteiger partial charge on any atom is -0.434 e. The van der Waals surface area contributed by atoms with E-state index in [-0.39, 0.29) is 5.75 Å². The van der Waals surface area contributed by atoms with E-state index in [9.17, 15) is 8.78 Å². The van der Waals surface area contributed by atoms with E-state index in [1.807, 2.05) is 18.2 Å². The molecule has 0 atom stereocenters. The first kappa shape index (κ1) is 18.3. The van der Waals surface area contributed by atoms with E-state index in [0.717, 1.165) is 22.1 Å². The fraction of sp³-hybridized carbons (Fsp3) is 0.222. The highest BCUT2D eigenvalue weighted by Gasteiger charge is 2.13. The van der Waals surface area contributed by atoms with Crippen LogP contribution in [0.15, 0.2) is 53.5 Å². The van der Waals surface area contributed by atoms with Gasteiger partial charge in [0.1, 0.15) is 5.75 Å². The Morgan fingerprint density at radius 2 is 2.08 bits per heavy atom. The average Bonchev–Trinajstić information content (AvgIpc) is 2.54. The molecule has 0 aromatic heterocycles. The highest BCUT2D eigenvalue weighted by molar-refractivity contribution is 9.10. The first-order valence-electron chi connectivity index (χ1n) is 7.46. The molecule has 3 nitrogen and oxygen atoms in total. The SMILES string of the molecule is C=CCCc1cccc(OC(F)F)c1CNc1cc(Br)ccc1N. The van der Waals surface area contributed by atoms with E-state index in [2.05, 4.69) is 32.6 Å².